The van der Waals surface area contributed by atoms with Gasteiger partial charge in [-0.25, -0.2) is 0 Å². The minimum atomic E-state index is 0.219. The molecule has 0 saturated carbocycles. The molecule has 1 amide bonds. The molecule has 0 bridgehead atoms. The number of benzene rings is 1. The molecule has 0 radical (unpaired) electrons. The third-order valence-corrected chi connectivity index (χ3v) is 4.25. The van der Waals surface area contributed by atoms with Gasteiger partial charge in [0.15, 0.2) is 0 Å². The molecular formula is C18H21NO3. The normalized spacial score (nSPS) is 17.7. The van der Waals surface area contributed by atoms with Crippen LogP contribution in [0.5, 0.6) is 5.75 Å². The van der Waals surface area contributed by atoms with Crippen LogP contribution in [-0.4, -0.2) is 31.0 Å². The first-order valence-corrected chi connectivity index (χ1v) is 7.70. The highest BCUT2D eigenvalue weighted by atomic mass is 16.5. The van der Waals surface area contributed by atoms with Crippen LogP contribution in [0.25, 0.3) is 0 Å². The van der Waals surface area contributed by atoms with Gasteiger partial charge in [0.25, 0.3) is 0 Å². The number of likely N-dealkylation sites (tertiary alicyclic amines) is 1. The van der Waals surface area contributed by atoms with Gasteiger partial charge in [-0.3, -0.25) is 4.79 Å². The number of carbonyl (C=O) groups excluding carboxylic acids is 1. The van der Waals surface area contributed by atoms with Crippen LogP contribution in [0.2, 0.25) is 0 Å². The van der Waals surface area contributed by atoms with Crippen molar-refractivity contribution in [2.45, 2.75) is 25.2 Å². The molecule has 1 aromatic carbocycles. The number of rotatable bonds is 5. The molecule has 2 aromatic rings. The lowest BCUT2D eigenvalue weighted by Gasteiger charge is -2.16. The summed E-state index contributed by atoms with van der Waals surface area (Å²) in [6.45, 7) is 1.59. The predicted molar refractivity (Wildman–Crippen MR) is 84.0 cm³/mol. The molecule has 1 atom stereocenters. The van der Waals surface area contributed by atoms with Crippen LogP contribution in [0.3, 0.4) is 0 Å². The molecular weight excluding hydrogens is 278 g/mol. The molecule has 1 saturated heterocycles. The van der Waals surface area contributed by atoms with E-state index < -0.39 is 0 Å². The molecule has 22 heavy (non-hydrogen) atoms. The number of methoxy groups -OCH3 is 1. The smallest absolute Gasteiger partial charge is 0.222 e. The van der Waals surface area contributed by atoms with Crippen molar-refractivity contribution in [3.05, 3.63) is 54.0 Å². The Morgan fingerprint density at radius 1 is 1.36 bits per heavy atom. The summed E-state index contributed by atoms with van der Waals surface area (Å²) in [5, 5.41) is 0. The SMILES string of the molecule is COc1cccc(CCC(=O)N2CCC(c3ccco3)C2)c1. The Balaban J connectivity index is 1.52. The van der Waals surface area contributed by atoms with Crippen LogP contribution in [-0.2, 0) is 11.2 Å². The highest BCUT2D eigenvalue weighted by Crippen LogP contribution is 2.28. The quantitative estimate of drug-likeness (QED) is 0.851. The van der Waals surface area contributed by atoms with Crippen molar-refractivity contribution < 1.29 is 13.9 Å². The van der Waals surface area contributed by atoms with Crippen LogP contribution in [0, 0.1) is 0 Å². The zero-order valence-electron chi connectivity index (χ0n) is 12.8. The molecule has 1 fully saturated rings. The van der Waals surface area contributed by atoms with Crippen LogP contribution >= 0.6 is 0 Å². The van der Waals surface area contributed by atoms with Crippen molar-refractivity contribution in [3.8, 4) is 5.75 Å². The van der Waals surface area contributed by atoms with E-state index in [2.05, 4.69) is 0 Å². The largest absolute Gasteiger partial charge is 0.497 e. The van der Waals surface area contributed by atoms with Gasteiger partial charge in [0.1, 0.15) is 11.5 Å². The summed E-state index contributed by atoms with van der Waals surface area (Å²) in [4.78, 5) is 14.3. The zero-order chi connectivity index (χ0) is 15.4. The Kier molecular flexibility index (Phi) is 4.47. The minimum Gasteiger partial charge on any atom is -0.497 e. The van der Waals surface area contributed by atoms with Crippen molar-refractivity contribution in [2.75, 3.05) is 20.2 Å². The highest BCUT2D eigenvalue weighted by Gasteiger charge is 2.28. The molecule has 2 heterocycles. The number of nitrogens with zero attached hydrogens (tertiary/aromatic N) is 1. The van der Waals surface area contributed by atoms with E-state index in [9.17, 15) is 4.79 Å². The van der Waals surface area contributed by atoms with Crippen molar-refractivity contribution >= 4 is 5.91 Å². The first-order chi connectivity index (χ1) is 10.8. The molecule has 0 spiro atoms. The molecule has 116 valence electrons. The second-order valence-electron chi connectivity index (χ2n) is 5.69. The van der Waals surface area contributed by atoms with E-state index in [0.717, 1.165) is 43.0 Å². The summed E-state index contributed by atoms with van der Waals surface area (Å²) in [6.07, 6.45) is 3.97. The topological polar surface area (TPSA) is 42.7 Å². The summed E-state index contributed by atoms with van der Waals surface area (Å²) >= 11 is 0. The summed E-state index contributed by atoms with van der Waals surface area (Å²) in [5.74, 6) is 2.39. The van der Waals surface area contributed by atoms with E-state index in [0.29, 0.717) is 12.3 Å². The van der Waals surface area contributed by atoms with Gasteiger partial charge in [0, 0.05) is 25.4 Å². The maximum atomic E-state index is 12.4. The van der Waals surface area contributed by atoms with Gasteiger partial charge >= 0.3 is 0 Å². The standard InChI is InChI=1S/C18H21NO3/c1-21-16-5-2-4-14(12-16)7-8-18(20)19-10-9-15(13-19)17-6-3-11-22-17/h2-6,11-12,15H,7-10,13H2,1H3. The van der Waals surface area contributed by atoms with Gasteiger partial charge in [0.05, 0.1) is 13.4 Å². The number of hydrogen-bond acceptors (Lipinski definition) is 3. The summed E-state index contributed by atoms with van der Waals surface area (Å²) in [6, 6.07) is 11.8. The van der Waals surface area contributed by atoms with Gasteiger partial charge < -0.3 is 14.1 Å². The van der Waals surface area contributed by atoms with Gasteiger partial charge in [-0.15, -0.1) is 0 Å². The monoisotopic (exact) mass is 299 g/mol. The van der Waals surface area contributed by atoms with Gasteiger partial charge in [-0.1, -0.05) is 12.1 Å². The Hall–Kier alpha value is -2.23. The Morgan fingerprint density at radius 3 is 3.05 bits per heavy atom. The Labute approximate surface area is 130 Å². The molecule has 4 heteroatoms. The van der Waals surface area contributed by atoms with Crippen molar-refractivity contribution in [1.29, 1.82) is 0 Å². The molecule has 3 rings (SSSR count). The lowest BCUT2D eigenvalue weighted by molar-refractivity contribution is -0.130. The van der Waals surface area contributed by atoms with E-state index in [1.165, 1.54) is 0 Å². The highest BCUT2D eigenvalue weighted by molar-refractivity contribution is 5.76. The molecule has 1 aliphatic heterocycles. The first kappa shape index (κ1) is 14.7. The number of furan rings is 1. The Morgan fingerprint density at radius 2 is 2.27 bits per heavy atom. The number of carbonyl (C=O) groups is 1. The molecule has 0 N–H and O–H groups in total. The van der Waals surface area contributed by atoms with Crippen molar-refractivity contribution in [3.63, 3.8) is 0 Å². The minimum absolute atomic E-state index is 0.219. The molecule has 0 aliphatic carbocycles. The molecule has 1 aliphatic rings. The second kappa shape index (κ2) is 6.69. The van der Waals surface area contributed by atoms with Crippen LogP contribution in [0.15, 0.2) is 47.1 Å². The van der Waals surface area contributed by atoms with E-state index >= 15 is 0 Å². The maximum Gasteiger partial charge on any atom is 0.222 e. The Bertz CT molecular complexity index is 621. The number of ether oxygens (including phenoxy) is 1. The maximum absolute atomic E-state index is 12.4. The lowest BCUT2D eigenvalue weighted by Crippen LogP contribution is -2.28. The molecule has 1 aromatic heterocycles. The second-order valence-corrected chi connectivity index (χ2v) is 5.69. The predicted octanol–water partition coefficient (Wildman–Crippen LogP) is 3.24. The molecule has 4 nitrogen and oxygen atoms in total. The van der Waals surface area contributed by atoms with Gasteiger partial charge in [0.2, 0.25) is 5.91 Å². The van der Waals surface area contributed by atoms with Gasteiger partial charge in [-0.05, 0) is 42.7 Å². The summed E-state index contributed by atoms with van der Waals surface area (Å²) in [7, 11) is 1.66. The number of hydrogen-bond donors (Lipinski definition) is 0. The summed E-state index contributed by atoms with van der Waals surface area (Å²) in [5.41, 5.74) is 1.13. The summed E-state index contributed by atoms with van der Waals surface area (Å²) < 4.78 is 10.7. The average molecular weight is 299 g/mol. The third kappa shape index (κ3) is 3.32. The van der Waals surface area contributed by atoms with Gasteiger partial charge in [-0.2, -0.15) is 0 Å². The average Bonchev–Trinajstić information content (AvgIpc) is 3.23. The van der Waals surface area contributed by atoms with E-state index in [1.807, 2.05) is 41.3 Å². The first-order valence-electron chi connectivity index (χ1n) is 7.70. The fourth-order valence-electron chi connectivity index (χ4n) is 2.98. The van der Waals surface area contributed by atoms with Crippen LogP contribution in [0.1, 0.15) is 30.1 Å². The molecule has 1 unspecified atom stereocenters. The fourth-order valence-corrected chi connectivity index (χ4v) is 2.98. The van der Waals surface area contributed by atoms with E-state index in [1.54, 1.807) is 13.4 Å². The van der Waals surface area contributed by atoms with Crippen LogP contribution in [0.4, 0.5) is 0 Å². The lowest BCUT2D eigenvalue weighted by atomic mass is 10.1. The van der Waals surface area contributed by atoms with Crippen molar-refractivity contribution in [2.24, 2.45) is 0 Å². The van der Waals surface area contributed by atoms with E-state index in [4.69, 9.17) is 9.15 Å². The third-order valence-electron chi connectivity index (χ3n) is 4.25. The number of amides is 1. The number of aryl methyl sites for hydroxylation is 1. The van der Waals surface area contributed by atoms with Crippen LogP contribution < -0.4 is 4.74 Å². The fraction of sp³-hybridized carbons (Fsp3) is 0.389. The van der Waals surface area contributed by atoms with E-state index in [-0.39, 0.29) is 5.91 Å². The zero-order valence-corrected chi connectivity index (χ0v) is 12.8. The van der Waals surface area contributed by atoms with Crippen molar-refractivity contribution in [1.82, 2.24) is 4.90 Å².